The van der Waals surface area contributed by atoms with Gasteiger partial charge in [-0.3, -0.25) is 0 Å². The van der Waals surface area contributed by atoms with Crippen LogP contribution in [0.2, 0.25) is 0 Å². The number of imidazole rings is 1. The minimum atomic E-state index is -0.0850. The average Bonchev–Trinajstić information content (AvgIpc) is 2.65. The minimum absolute atomic E-state index is 0.0850. The van der Waals surface area contributed by atoms with Gasteiger partial charge in [0, 0.05) is 30.9 Å². The molecule has 0 bridgehead atoms. The summed E-state index contributed by atoms with van der Waals surface area (Å²) < 4.78 is 2.16. The van der Waals surface area contributed by atoms with Crippen LogP contribution >= 0.6 is 0 Å². The molecule has 14 heavy (non-hydrogen) atoms. The molecule has 1 rings (SSSR count). The zero-order valence-corrected chi connectivity index (χ0v) is 9.45. The van der Waals surface area contributed by atoms with Crippen LogP contribution in [0.25, 0.3) is 0 Å². The lowest BCUT2D eigenvalue weighted by Gasteiger charge is -2.26. The van der Waals surface area contributed by atoms with Gasteiger partial charge < -0.3 is 10.3 Å². The van der Waals surface area contributed by atoms with Gasteiger partial charge in [-0.05, 0) is 19.8 Å². The molecule has 0 fully saturated rings. The molecule has 0 atom stereocenters. The smallest absolute Gasteiger partial charge is 0.110 e. The predicted molar refractivity (Wildman–Crippen MR) is 59.1 cm³/mol. The van der Waals surface area contributed by atoms with Crippen LogP contribution in [0.4, 0.5) is 0 Å². The molecule has 1 aromatic rings. The van der Waals surface area contributed by atoms with E-state index in [2.05, 4.69) is 30.3 Å². The van der Waals surface area contributed by atoms with Crippen LogP contribution in [0.3, 0.4) is 0 Å². The second-order valence-corrected chi connectivity index (χ2v) is 3.88. The van der Waals surface area contributed by atoms with Crippen LogP contribution < -0.4 is 5.73 Å². The molecule has 0 aliphatic rings. The Hall–Kier alpha value is -0.830. The highest BCUT2D eigenvalue weighted by molar-refractivity contribution is 5.00. The molecule has 1 aromatic heterocycles. The highest BCUT2D eigenvalue weighted by Gasteiger charge is 2.22. The van der Waals surface area contributed by atoms with Crippen molar-refractivity contribution in [3.05, 3.63) is 18.2 Å². The first-order chi connectivity index (χ1) is 6.65. The molecule has 3 nitrogen and oxygen atoms in total. The van der Waals surface area contributed by atoms with Gasteiger partial charge in [-0.15, -0.1) is 0 Å². The molecule has 0 saturated carbocycles. The first-order valence-electron chi connectivity index (χ1n) is 5.44. The molecule has 1 heterocycles. The predicted octanol–water partition coefficient (Wildman–Crippen LogP) is 1.96. The van der Waals surface area contributed by atoms with E-state index in [0.29, 0.717) is 0 Å². The van der Waals surface area contributed by atoms with Gasteiger partial charge in [0.25, 0.3) is 0 Å². The van der Waals surface area contributed by atoms with Gasteiger partial charge >= 0.3 is 0 Å². The van der Waals surface area contributed by atoms with Gasteiger partial charge in [0.05, 0.1) is 0 Å². The summed E-state index contributed by atoms with van der Waals surface area (Å²) in [4.78, 5) is 4.35. The summed E-state index contributed by atoms with van der Waals surface area (Å²) in [7, 11) is 0. The SMILES string of the molecule is CCn1ccnc1CC(N)(CC)CC. The van der Waals surface area contributed by atoms with Crippen molar-refractivity contribution in [2.24, 2.45) is 5.73 Å². The monoisotopic (exact) mass is 195 g/mol. The summed E-state index contributed by atoms with van der Waals surface area (Å²) in [6.07, 6.45) is 6.74. The van der Waals surface area contributed by atoms with Crippen LogP contribution in [-0.2, 0) is 13.0 Å². The van der Waals surface area contributed by atoms with Crippen molar-refractivity contribution < 1.29 is 0 Å². The third-order valence-electron chi connectivity index (χ3n) is 3.06. The second-order valence-electron chi connectivity index (χ2n) is 3.88. The Morgan fingerprint density at radius 2 is 2.00 bits per heavy atom. The van der Waals surface area contributed by atoms with E-state index >= 15 is 0 Å². The van der Waals surface area contributed by atoms with Gasteiger partial charge in [0.2, 0.25) is 0 Å². The fraction of sp³-hybridized carbons (Fsp3) is 0.727. The first kappa shape index (κ1) is 11.2. The number of rotatable bonds is 5. The van der Waals surface area contributed by atoms with Gasteiger partial charge in [-0.25, -0.2) is 4.98 Å². The molecule has 2 N–H and O–H groups in total. The van der Waals surface area contributed by atoms with E-state index in [1.165, 1.54) is 0 Å². The number of hydrogen-bond donors (Lipinski definition) is 1. The fourth-order valence-electron chi connectivity index (χ4n) is 1.61. The van der Waals surface area contributed by atoms with Crippen LogP contribution in [0.1, 0.15) is 39.4 Å². The maximum Gasteiger partial charge on any atom is 0.110 e. The third-order valence-corrected chi connectivity index (χ3v) is 3.06. The third kappa shape index (κ3) is 2.35. The topological polar surface area (TPSA) is 43.8 Å². The van der Waals surface area contributed by atoms with E-state index in [1.807, 2.05) is 12.4 Å². The number of hydrogen-bond acceptors (Lipinski definition) is 2. The molecule has 0 aliphatic heterocycles. The molecular weight excluding hydrogens is 174 g/mol. The lowest BCUT2D eigenvalue weighted by Crippen LogP contribution is -2.41. The Morgan fingerprint density at radius 1 is 1.36 bits per heavy atom. The Bertz CT molecular complexity index is 274. The zero-order valence-electron chi connectivity index (χ0n) is 9.45. The van der Waals surface area contributed by atoms with E-state index in [0.717, 1.165) is 31.6 Å². The summed E-state index contributed by atoms with van der Waals surface area (Å²) in [6, 6.07) is 0. The number of aromatic nitrogens is 2. The van der Waals surface area contributed by atoms with E-state index in [9.17, 15) is 0 Å². The normalized spacial score (nSPS) is 12.0. The van der Waals surface area contributed by atoms with Gasteiger partial charge in [0.15, 0.2) is 0 Å². The number of nitrogens with zero attached hydrogens (tertiary/aromatic N) is 2. The first-order valence-corrected chi connectivity index (χ1v) is 5.44. The van der Waals surface area contributed by atoms with Crippen molar-refractivity contribution in [3.63, 3.8) is 0 Å². The largest absolute Gasteiger partial charge is 0.335 e. The number of nitrogens with two attached hydrogens (primary N) is 1. The molecular formula is C11H21N3. The molecule has 0 spiro atoms. The van der Waals surface area contributed by atoms with Crippen LogP contribution in [-0.4, -0.2) is 15.1 Å². The molecule has 80 valence electrons. The summed E-state index contributed by atoms with van der Waals surface area (Å²) in [5, 5.41) is 0. The Morgan fingerprint density at radius 3 is 2.50 bits per heavy atom. The van der Waals surface area contributed by atoms with Crippen molar-refractivity contribution in [1.82, 2.24) is 9.55 Å². The fourth-order valence-corrected chi connectivity index (χ4v) is 1.61. The van der Waals surface area contributed by atoms with E-state index in [-0.39, 0.29) is 5.54 Å². The van der Waals surface area contributed by atoms with Gasteiger partial charge in [-0.2, -0.15) is 0 Å². The minimum Gasteiger partial charge on any atom is -0.335 e. The van der Waals surface area contributed by atoms with Crippen molar-refractivity contribution in [1.29, 1.82) is 0 Å². The zero-order chi connectivity index (χ0) is 10.6. The Labute approximate surface area is 86.3 Å². The highest BCUT2D eigenvalue weighted by Crippen LogP contribution is 2.17. The van der Waals surface area contributed by atoms with Gasteiger partial charge in [-0.1, -0.05) is 13.8 Å². The maximum atomic E-state index is 6.26. The van der Waals surface area contributed by atoms with Crippen molar-refractivity contribution in [2.75, 3.05) is 0 Å². The molecule has 0 radical (unpaired) electrons. The van der Waals surface area contributed by atoms with Crippen LogP contribution in [0.5, 0.6) is 0 Å². The molecule has 3 heteroatoms. The molecule has 0 unspecified atom stereocenters. The van der Waals surface area contributed by atoms with Gasteiger partial charge in [0.1, 0.15) is 5.82 Å². The van der Waals surface area contributed by atoms with Crippen molar-refractivity contribution >= 4 is 0 Å². The van der Waals surface area contributed by atoms with E-state index in [1.54, 1.807) is 0 Å². The summed E-state index contributed by atoms with van der Waals surface area (Å²) in [5.74, 6) is 1.11. The van der Waals surface area contributed by atoms with E-state index < -0.39 is 0 Å². The van der Waals surface area contributed by atoms with Crippen LogP contribution in [0, 0.1) is 0 Å². The molecule has 0 amide bonds. The summed E-state index contributed by atoms with van der Waals surface area (Å²) in [6.45, 7) is 7.38. The van der Waals surface area contributed by atoms with Crippen molar-refractivity contribution in [2.45, 2.75) is 52.1 Å². The highest BCUT2D eigenvalue weighted by atomic mass is 15.1. The van der Waals surface area contributed by atoms with Crippen molar-refractivity contribution in [3.8, 4) is 0 Å². The Kier molecular flexibility index (Phi) is 3.69. The lowest BCUT2D eigenvalue weighted by atomic mass is 9.90. The number of aryl methyl sites for hydroxylation is 1. The Balaban J connectivity index is 2.76. The average molecular weight is 195 g/mol. The quantitative estimate of drug-likeness (QED) is 0.780. The summed E-state index contributed by atoms with van der Waals surface area (Å²) >= 11 is 0. The lowest BCUT2D eigenvalue weighted by molar-refractivity contribution is 0.379. The standard InChI is InChI=1S/C11H21N3/c1-4-11(12,5-2)9-10-13-7-8-14(10)6-3/h7-8H,4-6,9,12H2,1-3H3. The second kappa shape index (κ2) is 4.60. The summed E-state index contributed by atoms with van der Waals surface area (Å²) in [5.41, 5.74) is 6.17. The van der Waals surface area contributed by atoms with E-state index in [4.69, 9.17) is 5.73 Å². The molecule has 0 saturated heterocycles. The maximum absolute atomic E-state index is 6.26. The molecule has 0 aromatic carbocycles. The van der Waals surface area contributed by atoms with Crippen LogP contribution in [0.15, 0.2) is 12.4 Å². The molecule has 0 aliphatic carbocycles.